The van der Waals surface area contributed by atoms with Crippen LogP contribution in [-0.4, -0.2) is 33.9 Å². The molecule has 13 heteroatoms. The number of hydrogen-bond donors (Lipinski definition) is 2. The molecule has 0 radical (unpaired) electrons. The lowest BCUT2D eigenvalue weighted by Gasteiger charge is -2.28. The van der Waals surface area contributed by atoms with Crippen molar-refractivity contribution in [3.05, 3.63) is 167 Å². The normalized spacial score (nSPS) is 12.7. The Balaban J connectivity index is 1.12. The second kappa shape index (κ2) is 18.7. The second-order valence-electron chi connectivity index (χ2n) is 16.0. The van der Waals surface area contributed by atoms with Gasteiger partial charge in [-0.25, -0.2) is 9.48 Å². The van der Waals surface area contributed by atoms with E-state index in [2.05, 4.69) is 20.6 Å². The lowest BCUT2D eigenvalue weighted by Crippen LogP contribution is -2.32. The van der Waals surface area contributed by atoms with Gasteiger partial charge in [-0.15, -0.1) is 0 Å². The molecule has 61 heavy (non-hydrogen) atoms. The van der Waals surface area contributed by atoms with Crippen molar-refractivity contribution < 1.29 is 37.0 Å². The third kappa shape index (κ3) is 12.2. The van der Waals surface area contributed by atoms with Crippen LogP contribution in [0.25, 0.3) is 5.69 Å². The fraction of sp³-hybridized carbons (Fsp3) is 0.271. The first-order valence-corrected chi connectivity index (χ1v) is 20.1. The smallest absolute Gasteiger partial charge is 0.435 e. The topological polar surface area (TPSA) is 107 Å². The first kappa shape index (κ1) is 42.4. The Morgan fingerprint density at radius 1 is 0.754 bits per heavy atom. The highest BCUT2D eigenvalue weighted by Crippen LogP contribution is 2.39. The molecule has 1 fully saturated rings. The fourth-order valence-electron chi connectivity index (χ4n) is 6.62. The minimum atomic E-state index is -4.81. The third-order valence-corrected chi connectivity index (χ3v) is 9.71. The summed E-state index contributed by atoms with van der Waals surface area (Å²) < 4.78 is 61.1. The van der Waals surface area contributed by atoms with Crippen molar-refractivity contribution in [2.45, 2.75) is 71.7 Å². The molecule has 2 amide bonds. The number of aromatic nitrogens is 2. The van der Waals surface area contributed by atoms with Gasteiger partial charge in [0.05, 0.1) is 11.4 Å². The number of rotatable bonds is 16. The van der Waals surface area contributed by atoms with E-state index in [1.165, 1.54) is 6.07 Å². The quantitative estimate of drug-likeness (QED) is 0.100. The zero-order chi connectivity index (χ0) is 43.0. The number of alkyl carbamates (subject to hydrolysis) is 1. The summed E-state index contributed by atoms with van der Waals surface area (Å²) in [5.74, 6) is 1.09. The Labute approximate surface area is 353 Å². The van der Waals surface area contributed by atoms with Gasteiger partial charge in [0.15, 0.2) is 5.69 Å². The van der Waals surface area contributed by atoms with Gasteiger partial charge in [-0.05, 0) is 98.2 Å². The number of benzene rings is 5. The Bertz CT molecular complexity index is 2430. The van der Waals surface area contributed by atoms with Gasteiger partial charge in [-0.1, -0.05) is 84.9 Å². The number of nitrogens with one attached hydrogen (secondary N) is 2. The summed E-state index contributed by atoms with van der Waals surface area (Å²) >= 11 is 0. The molecule has 1 aliphatic carbocycles. The van der Waals surface area contributed by atoms with Gasteiger partial charge >= 0.3 is 12.3 Å². The van der Waals surface area contributed by atoms with Crippen LogP contribution in [0.3, 0.4) is 0 Å². The predicted octanol–water partition coefficient (Wildman–Crippen LogP) is 10.7. The van der Waals surface area contributed by atoms with Crippen molar-refractivity contribution in [1.29, 1.82) is 0 Å². The van der Waals surface area contributed by atoms with E-state index in [0.717, 1.165) is 52.5 Å². The van der Waals surface area contributed by atoms with Crippen molar-refractivity contribution in [2.75, 3.05) is 16.8 Å². The van der Waals surface area contributed by atoms with Crippen molar-refractivity contribution in [2.24, 2.45) is 5.92 Å². The van der Waals surface area contributed by atoms with Crippen molar-refractivity contribution in [1.82, 2.24) is 15.1 Å². The van der Waals surface area contributed by atoms with E-state index in [1.54, 1.807) is 51.1 Å². The molecule has 2 N–H and O–H groups in total. The van der Waals surface area contributed by atoms with E-state index in [-0.39, 0.29) is 17.9 Å². The maximum Gasteiger partial charge on any atom is 0.435 e. The lowest BCUT2D eigenvalue weighted by molar-refractivity contribution is -0.141. The molecule has 0 aliphatic heterocycles. The Morgan fingerprint density at radius 2 is 1.41 bits per heavy atom. The molecule has 0 unspecified atom stereocenters. The highest BCUT2D eigenvalue weighted by Gasteiger charge is 2.36. The van der Waals surface area contributed by atoms with E-state index in [1.807, 2.05) is 91.0 Å². The van der Waals surface area contributed by atoms with Gasteiger partial charge in [0.25, 0.3) is 5.91 Å². The van der Waals surface area contributed by atoms with Crippen LogP contribution in [0, 0.1) is 5.92 Å². The zero-order valence-electron chi connectivity index (χ0n) is 34.2. The van der Waals surface area contributed by atoms with Crippen molar-refractivity contribution in [3.8, 4) is 17.2 Å². The Morgan fingerprint density at radius 3 is 2.08 bits per heavy atom. The number of anilines is 2. The molecule has 5 aromatic carbocycles. The largest absolute Gasteiger partial charge is 0.489 e. The molecule has 1 heterocycles. The van der Waals surface area contributed by atoms with Crippen LogP contribution in [0.4, 0.5) is 29.3 Å². The van der Waals surface area contributed by atoms with Gasteiger partial charge in [0.1, 0.15) is 36.0 Å². The van der Waals surface area contributed by atoms with Gasteiger partial charge in [0, 0.05) is 37.5 Å². The molecule has 1 aromatic heterocycles. The van der Waals surface area contributed by atoms with Crippen LogP contribution < -0.4 is 25.0 Å². The van der Waals surface area contributed by atoms with Crippen LogP contribution >= 0.6 is 0 Å². The molecular formula is C48H48F3N5O5. The molecule has 7 rings (SSSR count). The van der Waals surface area contributed by atoms with Gasteiger partial charge in [0.2, 0.25) is 0 Å². The average molecular weight is 832 g/mol. The number of alkyl halides is 3. The molecule has 1 saturated carbocycles. The molecule has 6 aromatic rings. The second-order valence-corrected chi connectivity index (χ2v) is 16.0. The monoisotopic (exact) mass is 831 g/mol. The molecule has 0 saturated heterocycles. The Hall–Kier alpha value is -6.76. The number of halogens is 3. The van der Waals surface area contributed by atoms with E-state index < -0.39 is 29.5 Å². The van der Waals surface area contributed by atoms with Crippen LogP contribution in [-0.2, 0) is 37.2 Å². The van der Waals surface area contributed by atoms with Gasteiger partial charge in [-0.2, -0.15) is 18.3 Å². The molecule has 1 aliphatic rings. The molecular weight excluding hydrogens is 784 g/mol. The van der Waals surface area contributed by atoms with E-state index in [4.69, 9.17) is 14.2 Å². The van der Waals surface area contributed by atoms with Crippen molar-refractivity contribution in [3.63, 3.8) is 0 Å². The number of ether oxygens (including phenoxy) is 3. The maximum atomic E-state index is 14.0. The third-order valence-electron chi connectivity index (χ3n) is 9.71. The molecule has 0 spiro atoms. The maximum absolute atomic E-state index is 14.0. The van der Waals surface area contributed by atoms with E-state index in [9.17, 15) is 22.8 Å². The molecule has 0 atom stereocenters. The first-order chi connectivity index (χ1) is 29.3. The summed E-state index contributed by atoms with van der Waals surface area (Å²) in [6.07, 6.45) is -3.25. The first-order valence-electron chi connectivity index (χ1n) is 20.1. The van der Waals surface area contributed by atoms with E-state index in [0.29, 0.717) is 48.4 Å². The number of carbonyl (C=O) groups excluding carboxylic acids is 2. The standard InChI is InChI=1S/C48H48F3N5O5/c1-47(2,3)61-46(58)52-28-36-16-11-19-39(25-36)56-42(27-44(54-56)48(49,50)51)45(57)53-38-18-10-17-37(24-38)30-55(29-33-20-21-33)41-26-40(59-31-34-12-6-4-7-13-34)22-23-43(41)60-32-35-14-8-5-9-15-35/h4-19,22-27,33H,20-21,28-32H2,1-3H3,(H,52,58)(H,53,57). The van der Waals surface area contributed by atoms with E-state index >= 15 is 0 Å². The lowest BCUT2D eigenvalue weighted by atomic mass is 10.1. The minimum absolute atomic E-state index is 0.0356. The number of carbonyl (C=O) groups is 2. The highest BCUT2D eigenvalue weighted by molar-refractivity contribution is 6.03. The van der Waals surface area contributed by atoms with Crippen LogP contribution in [0.5, 0.6) is 11.5 Å². The number of nitrogens with zero attached hydrogens (tertiary/aromatic N) is 3. The SMILES string of the molecule is CC(C)(C)OC(=O)NCc1cccc(-n2nc(C(F)(F)F)cc2C(=O)Nc2cccc(CN(CC3CC3)c3cc(OCc4ccccc4)ccc3OCc3ccccc3)c2)c1. The molecule has 10 nitrogen and oxygen atoms in total. The predicted molar refractivity (Wildman–Crippen MR) is 228 cm³/mol. The summed E-state index contributed by atoms with van der Waals surface area (Å²) in [4.78, 5) is 28.4. The number of amides is 2. The molecule has 0 bridgehead atoms. The van der Waals surface area contributed by atoms with Gasteiger partial charge in [-0.3, -0.25) is 4.79 Å². The number of hydrogen-bond acceptors (Lipinski definition) is 7. The van der Waals surface area contributed by atoms with Crippen molar-refractivity contribution >= 4 is 23.4 Å². The van der Waals surface area contributed by atoms with Crippen LogP contribution in [0.1, 0.15) is 72.0 Å². The summed E-state index contributed by atoms with van der Waals surface area (Å²) in [7, 11) is 0. The van der Waals surface area contributed by atoms with Crippen LogP contribution in [0.2, 0.25) is 0 Å². The molecule has 316 valence electrons. The summed E-state index contributed by atoms with van der Waals surface area (Å²) in [5, 5.41) is 9.24. The minimum Gasteiger partial charge on any atom is -0.489 e. The zero-order valence-corrected chi connectivity index (χ0v) is 34.2. The summed E-state index contributed by atoms with van der Waals surface area (Å²) in [5.41, 5.74) is 2.69. The average Bonchev–Trinajstić information content (AvgIpc) is 3.93. The van der Waals surface area contributed by atoms with Crippen LogP contribution in [0.15, 0.2) is 133 Å². The Kier molecular flexibility index (Phi) is 13.0. The summed E-state index contributed by atoms with van der Waals surface area (Å²) in [6.45, 7) is 7.21. The van der Waals surface area contributed by atoms with Gasteiger partial charge < -0.3 is 29.7 Å². The summed E-state index contributed by atoms with van der Waals surface area (Å²) in [6, 6.07) is 40.1. The fourth-order valence-corrected chi connectivity index (χ4v) is 6.62. The highest BCUT2D eigenvalue weighted by atomic mass is 19.4.